The summed E-state index contributed by atoms with van der Waals surface area (Å²) in [4.78, 5) is 22.6. The highest BCUT2D eigenvalue weighted by molar-refractivity contribution is 7.20. The molecule has 1 amide bonds. The second-order valence-corrected chi connectivity index (χ2v) is 6.02. The second kappa shape index (κ2) is 7.51. The van der Waals surface area contributed by atoms with Crippen LogP contribution in [0.15, 0.2) is 6.33 Å². The molecule has 2 rings (SSSR count). The van der Waals surface area contributed by atoms with Crippen LogP contribution in [0.2, 0.25) is 0 Å². The van der Waals surface area contributed by atoms with E-state index in [4.69, 9.17) is 4.74 Å². The van der Waals surface area contributed by atoms with Crippen LogP contribution < -0.4 is 10.6 Å². The van der Waals surface area contributed by atoms with Gasteiger partial charge < -0.3 is 15.4 Å². The van der Waals surface area contributed by atoms with Gasteiger partial charge in [-0.25, -0.2) is 9.97 Å². The van der Waals surface area contributed by atoms with Gasteiger partial charge in [-0.2, -0.15) is 0 Å². The molecule has 2 heterocycles. The summed E-state index contributed by atoms with van der Waals surface area (Å²) >= 11 is 1.40. The predicted molar refractivity (Wildman–Crippen MR) is 89.7 cm³/mol. The molecule has 0 saturated heterocycles. The standard InChI is InChI=1S/C15H22N4O2S/c1-5-10(7-21-4)19-14(20)12-9(3)11-13(16-6-2)17-8-18-15(11)22-12/h8,10H,5-7H2,1-4H3,(H,19,20)(H,16,17,18)/t10-/m1/s1. The Hall–Kier alpha value is -1.73. The van der Waals surface area contributed by atoms with Crippen LogP contribution in [0, 0.1) is 6.92 Å². The van der Waals surface area contributed by atoms with Crippen molar-refractivity contribution in [2.45, 2.75) is 33.2 Å². The summed E-state index contributed by atoms with van der Waals surface area (Å²) in [5.74, 6) is 0.705. The largest absolute Gasteiger partial charge is 0.383 e. The molecule has 0 bridgehead atoms. The Balaban J connectivity index is 2.33. The van der Waals surface area contributed by atoms with Gasteiger partial charge in [0.2, 0.25) is 0 Å². The molecule has 2 aromatic rings. The molecule has 1 atom stereocenters. The van der Waals surface area contributed by atoms with Crippen molar-refractivity contribution >= 4 is 33.3 Å². The summed E-state index contributed by atoms with van der Waals surface area (Å²) in [6.07, 6.45) is 2.35. The number of aryl methyl sites for hydroxylation is 1. The Morgan fingerprint density at radius 2 is 2.18 bits per heavy atom. The molecule has 0 aromatic carbocycles. The Kier molecular flexibility index (Phi) is 5.68. The van der Waals surface area contributed by atoms with Gasteiger partial charge in [0.15, 0.2) is 0 Å². The van der Waals surface area contributed by atoms with Gasteiger partial charge in [0.05, 0.1) is 22.9 Å². The van der Waals surface area contributed by atoms with E-state index < -0.39 is 0 Å². The first-order valence-corrected chi connectivity index (χ1v) is 8.21. The van der Waals surface area contributed by atoms with Crippen molar-refractivity contribution in [3.8, 4) is 0 Å². The molecule has 2 aromatic heterocycles. The molecule has 6 nitrogen and oxygen atoms in total. The third kappa shape index (κ3) is 3.36. The van der Waals surface area contributed by atoms with E-state index in [1.807, 2.05) is 20.8 Å². The minimum absolute atomic E-state index is 0.0152. The lowest BCUT2D eigenvalue weighted by atomic mass is 10.1. The summed E-state index contributed by atoms with van der Waals surface area (Å²) in [5, 5.41) is 7.16. The first kappa shape index (κ1) is 16.6. The molecule has 0 unspecified atom stereocenters. The van der Waals surface area contributed by atoms with Crippen molar-refractivity contribution < 1.29 is 9.53 Å². The van der Waals surface area contributed by atoms with E-state index in [1.165, 1.54) is 17.7 Å². The van der Waals surface area contributed by atoms with Crippen molar-refractivity contribution in [3.05, 3.63) is 16.8 Å². The molecule has 0 aliphatic carbocycles. The Bertz CT molecular complexity index is 656. The Labute approximate surface area is 134 Å². The molecule has 0 aliphatic heterocycles. The molecule has 2 N–H and O–H groups in total. The lowest BCUT2D eigenvalue weighted by Gasteiger charge is -2.15. The maximum Gasteiger partial charge on any atom is 0.262 e. The molecular weight excluding hydrogens is 300 g/mol. The average Bonchev–Trinajstić information content (AvgIpc) is 2.85. The minimum Gasteiger partial charge on any atom is -0.383 e. The number of thiophene rings is 1. The molecule has 0 radical (unpaired) electrons. The van der Waals surface area contributed by atoms with E-state index in [9.17, 15) is 4.79 Å². The van der Waals surface area contributed by atoms with E-state index in [1.54, 1.807) is 7.11 Å². The number of carbonyl (C=O) groups excluding carboxylic acids is 1. The first-order valence-electron chi connectivity index (χ1n) is 7.40. The molecule has 0 aliphatic rings. The number of anilines is 1. The van der Waals surface area contributed by atoms with Gasteiger partial charge in [-0.15, -0.1) is 11.3 Å². The third-order valence-corrected chi connectivity index (χ3v) is 4.67. The van der Waals surface area contributed by atoms with Crippen molar-refractivity contribution in [1.29, 1.82) is 0 Å². The van der Waals surface area contributed by atoms with Crippen LogP contribution in [0.1, 0.15) is 35.5 Å². The summed E-state index contributed by atoms with van der Waals surface area (Å²) in [6, 6.07) is 0.0152. The van der Waals surface area contributed by atoms with Crippen LogP contribution >= 0.6 is 11.3 Å². The van der Waals surface area contributed by atoms with Crippen LogP contribution in [0.25, 0.3) is 10.2 Å². The zero-order valence-electron chi connectivity index (χ0n) is 13.4. The number of rotatable bonds is 7. The zero-order chi connectivity index (χ0) is 16.1. The number of amides is 1. The van der Waals surface area contributed by atoms with Crippen LogP contribution in [-0.4, -0.2) is 42.2 Å². The van der Waals surface area contributed by atoms with Crippen molar-refractivity contribution in [3.63, 3.8) is 0 Å². The number of methoxy groups -OCH3 is 1. The fourth-order valence-corrected chi connectivity index (χ4v) is 3.36. The van der Waals surface area contributed by atoms with Crippen LogP contribution in [-0.2, 0) is 4.74 Å². The number of fused-ring (bicyclic) bond motifs is 1. The normalized spacial score (nSPS) is 12.4. The second-order valence-electron chi connectivity index (χ2n) is 5.02. The highest BCUT2D eigenvalue weighted by Crippen LogP contribution is 2.33. The van der Waals surface area contributed by atoms with Crippen LogP contribution in [0.5, 0.6) is 0 Å². The SMILES string of the molecule is CCNc1ncnc2sc(C(=O)N[C@H](CC)COC)c(C)c12. The van der Waals surface area contributed by atoms with Crippen LogP contribution in [0.4, 0.5) is 5.82 Å². The molecule has 0 saturated carbocycles. The number of aromatic nitrogens is 2. The third-order valence-electron chi connectivity index (χ3n) is 3.47. The van der Waals surface area contributed by atoms with Crippen molar-refractivity contribution in [2.24, 2.45) is 0 Å². The molecule has 22 heavy (non-hydrogen) atoms. The van der Waals surface area contributed by atoms with Crippen molar-refractivity contribution in [2.75, 3.05) is 25.6 Å². The van der Waals surface area contributed by atoms with Gasteiger partial charge in [0.1, 0.15) is 17.0 Å². The number of hydrogen-bond donors (Lipinski definition) is 2. The van der Waals surface area contributed by atoms with Crippen molar-refractivity contribution in [1.82, 2.24) is 15.3 Å². The number of nitrogens with zero attached hydrogens (tertiary/aromatic N) is 2. The Morgan fingerprint density at radius 3 is 2.82 bits per heavy atom. The number of nitrogens with one attached hydrogen (secondary N) is 2. The maximum atomic E-state index is 12.5. The molecule has 0 fully saturated rings. The number of ether oxygens (including phenoxy) is 1. The molecular formula is C15H22N4O2S. The summed E-state index contributed by atoms with van der Waals surface area (Å²) in [5.41, 5.74) is 0.918. The number of carbonyl (C=O) groups is 1. The molecule has 120 valence electrons. The van der Waals surface area contributed by atoms with Gasteiger partial charge in [0, 0.05) is 13.7 Å². The van der Waals surface area contributed by atoms with E-state index in [2.05, 4.69) is 20.6 Å². The van der Waals surface area contributed by atoms with Gasteiger partial charge in [-0.05, 0) is 25.8 Å². The number of hydrogen-bond acceptors (Lipinski definition) is 6. The highest BCUT2D eigenvalue weighted by Gasteiger charge is 2.20. The van der Waals surface area contributed by atoms with Crippen LogP contribution in [0.3, 0.4) is 0 Å². The maximum absolute atomic E-state index is 12.5. The Morgan fingerprint density at radius 1 is 1.41 bits per heavy atom. The fourth-order valence-electron chi connectivity index (χ4n) is 2.30. The fraction of sp³-hybridized carbons (Fsp3) is 0.533. The quantitative estimate of drug-likeness (QED) is 0.819. The van der Waals surface area contributed by atoms with E-state index in [0.717, 1.165) is 34.6 Å². The van der Waals surface area contributed by atoms with Gasteiger partial charge in [-0.1, -0.05) is 6.92 Å². The summed E-state index contributed by atoms with van der Waals surface area (Å²) in [6.45, 7) is 7.26. The van der Waals surface area contributed by atoms with E-state index in [-0.39, 0.29) is 11.9 Å². The zero-order valence-corrected chi connectivity index (χ0v) is 14.2. The lowest BCUT2D eigenvalue weighted by molar-refractivity contribution is 0.0898. The first-order chi connectivity index (χ1) is 10.6. The predicted octanol–water partition coefficient (Wildman–Crippen LogP) is 2.59. The van der Waals surface area contributed by atoms with E-state index in [0.29, 0.717) is 11.5 Å². The van der Waals surface area contributed by atoms with Gasteiger partial charge in [0.25, 0.3) is 5.91 Å². The van der Waals surface area contributed by atoms with Gasteiger partial charge >= 0.3 is 0 Å². The topological polar surface area (TPSA) is 76.1 Å². The molecule has 0 spiro atoms. The smallest absolute Gasteiger partial charge is 0.262 e. The summed E-state index contributed by atoms with van der Waals surface area (Å²) < 4.78 is 5.13. The lowest BCUT2D eigenvalue weighted by Crippen LogP contribution is -2.37. The minimum atomic E-state index is -0.0770. The molecule has 7 heteroatoms. The van der Waals surface area contributed by atoms with Gasteiger partial charge in [-0.3, -0.25) is 4.79 Å². The highest BCUT2D eigenvalue weighted by atomic mass is 32.1. The van der Waals surface area contributed by atoms with E-state index >= 15 is 0 Å². The average molecular weight is 322 g/mol. The summed E-state index contributed by atoms with van der Waals surface area (Å²) in [7, 11) is 1.64. The monoisotopic (exact) mass is 322 g/mol.